The molecule has 3 aromatic heterocycles. The maximum absolute atomic E-state index is 13.4. The van der Waals surface area contributed by atoms with Gasteiger partial charge < -0.3 is 9.72 Å². The van der Waals surface area contributed by atoms with Crippen molar-refractivity contribution in [1.29, 1.82) is 0 Å². The highest BCUT2D eigenvalue weighted by Crippen LogP contribution is 2.40. The first-order valence-electron chi connectivity index (χ1n) is 13.5. The van der Waals surface area contributed by atoms with Crippen LogP contribution in [0.4, 0.5) is 4.39 Å². The molecule has 1 atom stereocenters. The van der Waals surface area contributed by atoms with Crippen LogP contribution in [-0.4, -0.2) is 59.1 Å². The molecule has 1 saturated heterocycles. The van der Waals surface area contributed by atoms with E-state index in [9.17, 15) is 12.8 Å². The third-order valence-electron chi connectivity index (χ3n) is 8.21. The lowest BCUT2D eigenvalue weighted by Crippen LogP contribution is -2.43. The molecule has 1 aromatic carbocycles. The summed E-state index contributed by atoms with van der Waals surface area (Å²) in [4.78, 5) is 14.3. The van der Waals surface area contributed by atoms with Gasteiger partial charge >= 0.3 is 0 Å². The van der Waals surface area contributed by atoms with Crippen LogP contribution in [0, 0.1) is 11.7 Å². The fourth-order valence-corrected chi connectivity index (χ4v) is 8.21. The fraction of sp³-hybridized carbons (Fsp3) is 0.448. The zero-order valence-corrected chi connectivity index (χ0v) is 22.2. The summed E-state index contributed by atoms with van der Waals surface area (Å²) in [6.45, 7) is 2.02. The Hall–Kier alpha value is -3.04. The van der Waals surface area contributed by atoms with Crippen molar-refractivity contribution in [2.24, 2.45) is 5.92 Å². The maximum Gasteiger partial charge on any atom is 0.166 e. The summed E-state index contributed by atoms with van der Waals surface area (Å²) in [6.07, 6.45) is 10.6. The number of benzene rings is 1. The zero-order chi connectivity index (χ0) is 26.1. The summed E-state index contributed by atoms with van der Waals surface area (Å²) >= 11 is 0. The van der Waals surface area contributed by atoms with E-state index < -0.39 is 9.84 Å². The van der Waals surface area contributed by atoms with Crippen molar-refractivity contribution in [2.45, 2.75) is 49.7 Å². The number of aromatic nitrogens is 3. The van der Waals surface area contributed by atoms with Gasteiger partial charge in [-0.2, -0.15) is 0 Å². The standard InChI is InChI=1S/C29H33FN4O3S/c30-22-5-7-23(8-6-22)37-18-20-2-1-15-34(17-20)19-38(35,36)24-9-3-21(4-10-24)25-11-13-31-27-16-33-29-26(28(25)27)12-14-32-29/h5-8,11-14,16,20-21,24H,1-4,9-10,15,17-19H2,(H,32,33). The van der Waals surface area contributed by atoms with E-state index in [4.69, 9.17) is 4.74 Å². The first kappa shape index (κ1) is 25.2. The van der Waals surface area contributed by atoms with Crippen molar-refractivity contribution in [3.63, 3.8) is 0 Å². The smallest absolute Gasteiger partial charge is 0.166 e. The number of piperidine rings is 1. The number of H-pyrrole nitrogens is 1. The number of aromatic amines is 1. The molecule has 9 heteroatoms. The maximum atomic E-state index is 13.4. The van der Waals surface area contributed by atoms with Gasteiger partial charge in [-0.1, -0.05) is 0 Å². The van der Waals surface area contributed by atoms with Crippen molar-refractivity contribution in [3.8, 4) is 5.75 Å². The number of pyridine rings is 2. The van der Waals surface area contributed by atoms with Gasteiger partial charge in [0.1, 0.15) is 23.1 Å². The molecule has 38 heavy (non-hydrogen) atoms. The number of sulfone groups is 1. The summed E-state index contributed by atoms with van der Waals surface area (Å²) < 4.78 is 45.9. The average molecular weight is 537 g/mol. The second-order valence-corrected chi connectivity index (χ2v) is 13.0. The molecule has 7 nitrogen and oxygen atoms in total. The van der Waals surface area contributed by atoms with E-state index in [0.717, 1.165) is 54.2 Å². The predicted octanol–water partition coefficient (Wildman–Crippen LogP) is 5.44. The van der Waals surface area contributed by atoms with Crippen LogP contribution in [0.15, 0.2) is 55.0 Å². The molecule has 2 fully saturated rings. The highest BCUT2D eigenvalue weighted by Gasteiger charge is 2.34. The Bertz CT molecular complexity index is 1510. The van der Waals surface area contributed by atoms with E-state index in [1.807, 2.05) is 24.7 Å². The number of nitrogens with zero attached hydrogens (tertiary/aromatic N) is 3. The van der Waals surface area contributed by atoms with Gasteiger partial charge in [0, 0.05) is 35.6 Å². The van der Waals surface area contributed by atoms with Crippen LogP contribution >= 0.6 is 0 Å². The lowest BCUT2D eigenvalue weighted by molar-refractivity contribution is 0.144. The molecule has 0 amide bonds. The molecule has 0 spiro atoms. The van der Waals surface area contributed by atoms with Crippen LogP contribution in [0.1, 0.15) is 50.0 Å². The minimum atomic E-state index is -3.24. The molecule has 1 unspecified atom stereocenters. The minimum absolute atomic E-state index is 0.114. The largest absolute Gasteiger partial charge is 0.493 e. The van der Waals surface area contributed by atoms with Crippen molar-refractivity contribution in [3.05, 3.63) is 66.4 Å². The quantitative estimate of drug-likeness (QED) is 0.338. The summed E-state index contributed by atoms with van der Waals surface area (Å²) in [6, 6.07) is 10.2. The second-order valence-electron chi connectivity index (χ2n) is 10.8. The van der Waals surface area contributed by atoms with Crippen LogP contribution < -0.4 is 4.74 Å². The van der Waals surface area contributed by atoms with Gasteiger partial charge in [-0.05, 0) is 92.9 Å². The van der Waals surface area contributed by atoms with Gasteiger partial charge in [0.25, 0.3) is 0 Å². The van der Waals surface area contributed by atoms with Gasteiger partial charge in [-0.25, -0.2) is 17.8 Å². The number of hydrogen-bond acceptors (Lipinski definition) is 6. The second kappa shape index (κ2) is 10.6. The molecule has 1 aliphatic carbocycles. The first-order chi connectivity index (χ1) is 18.5. The SMILES string of the molecule is O=S(=O)(CN1CCCC(COc2ccc(F)cc2)C1)C1CCC(c2ccnc3cnc4[nH]ccc4c23)CC1. The summed E-state index contributed by atoms with van der Waals surface area (Å²) in [5.74, 6) is 1.05. The van der Waals surface area contributed by atoms with Gasteiger partial charge in [0.2, 0.25) is 0 Å². The topological polar surface area (TPSA) is 88.2 Å². The Morgan fingerprint density at radius 3 is 2.66 bits per heavy atom. The molecule has 0 radical (unpaired) electrons. The lowest BCUT2D eigenvalue weighted by Gasteiger charge is -2.35. The number of likely N-dealkylation sites (tertiary alicyclic amines) is 1. The Labute approximate surface area is 222 Å². The molecule has 4 aromatic rings. The van der Waals surface area contributed by atoms with Gasteiger partial charge in [0.15, 0.2) is 9.84 Å². The summed E-state index contributed by atoms with van der Waals surface area (Å²) in [5.41, 5.74) is 2.98. The molecule has 6 rings (SSSR count). The minimum Gasteiger partial charge on any atom is -0.493 e. The van der Waals surface area contributed by atoms with Gasteiger partial charge in [0.05, 0.1) is 23.6 Å². The number of fused-ring (bicyclic) bond motifs is 3. The monoisotopic (exact) mass is 536 g/mol. The first-order valence-corrected chi connectivity index (χ1v) is 15.2. The Morgan fingerprint density at radius 2 is 1.84 bits per heavy atom. The Balaban J connectivity index is 1.07. The van der Waals surface area contributed by atoms with Crippen LogP contribution in [0.5, 0.6) is 5.75 Å². The Kier molecular flexibility index (Phi) is 7.05. The normalized spacial score (nSPS) is 23.1. The van der Waals surface area contributed by atoms with Crippen molar-refractivity contribution in [1.82, 2.24) is 19.9 Å². The fourth-order valence-electron chi connectivity index (χ4n) is 6.26. The molecule has 200 valence electrons. The zero-order valence-electron chi connectivity index (χ0n) is 21.4. The van der Waals surface area contributed by atoms with E-state index in [0.29, 0.717) is 37.7 Å². The van der Waals surface area contributed by atoms with E-state index >= 15 is 0 Å². The molecular weight excluding hydrogens is 503 g/mol. The molecule has 0 bridgehead atoms. The van der Waals surface area contributed by atoms with Crippen molar-refractivity contribution in [2.75, 3.05) is 25.6 Å². The molecule has 2 aliphatic rings. The van der Waals surface area contributed by atoms with Gasteiger partial charge in [-0.3, -0.25) is 9.88 Å². The average Bonchev–Trinajstić information content (AvgIpc) is 3.42. The van der Waals surface area contributed by atoms with Crippen LogP contribution in [-0.2, 0) is 9.84 Å². The van der Waals surface area contributed by atoms with Crippen molar-refractivity contribution >= 4 is 31.8 Å². The van der Waals surface area contributed by atoms with Crippen molar-refractivity contribution < 1.29 is 17.5 Å². The molecule has 1 aliphatic heterocycles. The summed E-state index contributed by atoms with van der Waals surface area (Å²) in [7, 11) is -3.24. The summed E-state index contributed by atoms with van der Waals surface area (Å²) in [5, 5.41) is 1.91. The highest BCUT2D eigenvalue weighted by molar-refractivity contribution is 7.91. The van der Waals surface area contributed by atoms with Gasteiger partial charge in [-0.15, -0.1) is 0 Å². The van der Waals surface area contributed by atoms with E-state index in [-0.39, 0.29) is 22.9 Å². The third kappa shape index (κ3) is 5.27. The number of hydrogen-bond donors (Lipinski definition) is 1. The number of ether oxygens (including phenoxy) is 1. The molecule has 4 heterocycles. The van der Waals surface area contributed by atoms with E-state index in [2.05, 4.69) is 25.9 Å². The number of nitrogens with one attached hydrogen (secondary N) is 1. The Morgan fingerprint density at radius 1 is 1.03 bits per heavy atom. The van der Waals surface area contributed by atoms with E-state index in [1.165, 1.54) is 17.7 Å². The van der Waals surface area contributed by atoms with E-state index in [1.54, 1.807) is 12.1 Å². The molecular formula is C29H33FN4O3S. The van der Waals surface area contributed by atoms with Crippen LogP contribution in [0.3, 0.4) is 0 Å². The third-order valence-corrected chi connectivity index (χ3v) is 10.4. The van der Waals surface area contributed by atoms with Crippen LogP contribution in [0.2, 0.25) is 0 Å². The number of rotatable bonds is 7. The molecule has 1 N–H and O–H groups in total. The predicted molar refractivity (Wildman–Crippen MR) is 146 cm³/mol. The van der Waals surface area contributed by atoms with Crippen LogP contribution in [0.25, 0.3) is 21.9 Å². The molecule has 1 saturated carbocycles. The highest BCUT2D eigenvalue weighted by atomic mass is 32.2. The number of halogens is 1. The lowest BCUT2D eigenvalue weighted by atomic mass is 9.82.